The van der Waals surface area contributed by atoms with Crippen molar-refractivity contribution in [2.24, 2.45) is 5.14 Å². The highest BCUT2D eigenvalue weighted by atomic mass is 32.2. The van der Waals surface area contributed by atoms with Crippen molar-refractivity contribution in [2.75, 3.05) is 0 Å². The lowest BCUT2D eigenvalue weighted by Crippen LogP contribution is -2.00. The number of rotatable bonds is 3. The minimum absolute atomic E-state index is 0.183. The zero-order chi connectivity index (χ0) is 15.2. The highest BCUT2D eigenvalue weighted by molar-refractivity contribution is 7.76. The summed E-state index contributed by atoms with van der Waals surface area (Å²) < 4.78 is 17.6. The molecule has 0 fully saturated rings. The Labute approximate surface area is 115 Å². The van der Waals surface area contributed by atoms with Crippen molar-refractivity contribution in [2.45, 2.75) is 39.5 Å². The van der Waals surface area contributed by atoms with Gasteiger partial charge in [-0.05, 0) is 23.0 Å². The molecule has 0 radical (unpaired) electrons. The van der Waals surface area contributed by atoms with Crippen molar-refractivity contribution in [3.63, 3.8) is 0 Å². The van der Waals surface area contributed by atoms with E-state index in [1.54, 1.807) is 12.1 Å². The van der Waals surface area contributed by atoms with Gasteiger partial charge in [-0.1, -0.05) is 33.8 Å². The molecule has 7 heteroatoms. The molecule has 1 aromatic carbocycles. The monoisotopic (exact) mass is 287 g/mol. The van der Waals surface area contributed by atoms with Gasteiger partial charge >= 0.3 is 0 Å². The first-order valence-electron chi connectivity index (χ1n) is 5.78. The molecule has 1 unspecified atom stereocenters. The van der Waals surface area contributed by atoms with Gasteiger partial charge in [0.25, 0.3) is 5.69 Å². The van der Waals surface area contributed by atoms with E-state index in [0.717, 1.165) is 5.56 Å². The number of nitrogens with zero attached hydrogens (tertiary/aromatic N) is 1. The minimum atomic E-state index is -2.36. The fourth-order valence-electron chi connectivity index (χ4n) is 1.70. The summed E-state index contributed by atoms with van der Waals surface area (Å²) in [6.45, 7) is 8.33. The molecular formula is C12H19N2O4S-. The van der Waals surface area contributed by atoms with E-state index in [1.165, 1.54) is 5.56 Å². The highest BCUT2D eigenvalue weighted by Crippen LogP contribution is 2.29. The van der Waals surface area contributed by atoms with Crippen molar-refractivity contribution in [1.29, 1.82) is 0 Å². The van der Waals surface area contributed by atoms with Gasteiger partial charge in [0.15, 0.2) is 0 Å². The van der Waals surface area contributed by atoms with E-state index in [1.807, 2.05) is 6.07 Å². The van der Waals surface area contributed by atoms with Gasteiger partial charge in [0, 0.05) is 23.4 Å². The van der Waals surface area contributed by atoms with E-state index in [-0.39, 0.29) is 10.6 Å². The molecule has 0 bridgehead atoms. The van der Waals surface area contributed by atoms with Gasteiger partial charge in [-0.15, -0.1) is 0 Å². The van der Waals surface area contributed by atoms with Crippen molar-refractivity contribution in [3.8, 4) is 0 Å². The third-order valence-corrected chi connectivity index (χ3v) is 2.53. The molecule has 0 aromatic heterocycles. The molecule has 0 saturated carbocycles. The van der Waals surface area contributed by atoms with Crippen molar-refractivity contribution < 1.29 is 13.7 Å². The summed E-state index contributed by atoms with van der Waals surface area (Å²) in [4.78, 5) is 10.3. The van der Waals surface area contributed by atoms with Crippen LogP contribution >= 0.6 is 0 Å². The van der Waals surface area contributed by atoms with E-state index in [0.29, 0.717) is 11.8 Å². The Morgan fingerprint density at radius 1 is 1.16 bits per heavy atom. The maximum atomic E-state index is 10.7. The number of benzene rings is 1. The number of nitro benzene ring substituents is 1. The molecule has 0 aliphatic heterocycles. The molecule has 1 aromatic rings. The molecule has 0 saturated heterocycles. The summed E-state index contributed by atoms with van der Waals surface area (Å²) in [5.41, 5.74) is 2.47. The number of hydrogen-bond acceptors (Lipinski definition) is 4. The van der Waals surface area contributed by atoms with Crippen LogP contribution in [0.3, 0.4) is 0 Å². The van der Waals surface area contributed by atoms with E-state index in [2.05, 4.69) is 32.8 Å². The van der Waals surface area contributed by atoms with E-state index >= 15 is 0 Å². The predicted molar refractivity (Wildman–Crippen MR) is 74.4 cm³/mol. The van der Waals surface area contributed by atoms with E-state index in [4.69, 9.17) is 8.76 Å². The van der Waals surface area contributed by atoms with Crippen LogP contribution in [0.25, 0.3) is 0 Å². The van der Waals surface area contributed by atoms with Gasteiger partial charge in [0.05, 0.1) is 4.92 Å². The van der Waals surface area contributed by atoms with Crippen molar-refractivity contribution in [3.05, 3.63) is 39.4 Å². The summed E-state index contributed by atoms with van der Waals surface area (Å²) in [5.74, 6) is 0.727. The van der Waals surface area contributed by atoms with Crippen LogP contribution in [-0.4, -0.2) is 13.7 Å². The van der Waals surface area contributed by atoms with Gasteiger partial charge in [0.1, 0.15) is 0 Å². The fourth-order valence-corrected chi connectivity index (χ4v) is 1.70. The third-order valence-electron chi connectivity index (χ3n) is 2.53. The lowest BCUT2D eigenvalue weighted by atomic mass is 9.90. The molecule has 0 heterocycles. The molecule has 0 spiro atoms. The Morgan fingerprint density at radius 2 is 1.58 bits per heavy atom. The summed E-state index contributed by atoms with van der Waals surface area (Å²) in [7, 11) is 0. The SMILES string of the molecule is CC(C)c1ccc([N+](=O)[O-])cc1C(C)C.NS(=O)[O-]. The summed E-state index contributed by atoms with van der Waals surface area (Å²) in [6.07, 6.45) is 0. The number of non-ortho nitro benzene ring substituents is 1. The maximum absolute atomic E-state index is 10.7. The standard InChI is InChI=1S/C12H17NO2.H3NO2S/c1-8(2)11-6-5-10(13(14)15)7-12(11)9(3)4;1-4(2)3/h5-9H,1-4H3;1H2,(H,2,3)/p-1. The average molecular weight is 287 g/mol. The van der Waals surface area contributed by atoms with Crippen LogP contribution in [-0.2, 0) is 11.3 Å². The smallest absolute Gasteiger partial charge is 0.269 e. The topological polar surface area (TPSA) is 109 Å². The molecule has 0 amide bonds. The molecule has 6 nitrogen and oxygen atoms in total. The van der Waals surface area contributed by atoms with Crippen LogP contribution in [0.5, 0.6) is 0 Å². The van der Waals surface area contributed by atoms with Gasteiger partial charge in [-0.2, -0.15) is 0 Å². The normalized spacial score (nSPS) is 12.0. The second kappa shape index (κ2) is 7.98. The van der Waals surface area contributed by atoms with Gasteiger partial charge in [0.2, 0.25) is 0 Å². The zero-order valence-electron chi connectivity index (χ0n) is 11.5. The van der Waals surface area contributed by atoms with Crippen LogP contribution < -0.4 is 5.14 Å². The molecule has 1 atom stereocenters. The Bertz CT molecular complexity index is 457. The first-order chi connectivity index (χ1) is 8.66. The summed E-state index contributed by atoms with van der Waals surface area (Å²) >= 11 is -2.36. The Kier molecular flexibility index (Phi) is 7.43. The predicted octanol–water partition coefficient (Wildman–Crippen LogP) is 2.58. The highest BCUT2D eigenvalue weighted by Gasteiger charge is 2.14. The third kappa shape index (κ3) is 6.42. The van der Waals surface area contributed by atoms with Crippen LogP contribution in [0.2, 0.25) is 0 Å². The first-order valence-corrected chi connectivity index (χ1v) is 6.92. The Balaban J connectivity index is 0.000000711. The number of nitro groups is 1. The van der Waals surface area contributed by atoms with E-state index in [9.17, 15) is 10.1 Å². The lowest BCUT2D eigenvalue weighted by molar-refractivity contribution is -0.384. The van der Waals surface area contributed by atoms with Crippen molar-refractivity contribution in [1.82, 2.24) is 0 Å². The quantitative estimate of drug-likeness (QED) is 0.523. The molecule has 19 heavy (non-hydrogen) atoms. The van der Waals surface area contributed by atoms with Crippen LogP contribution in [0, 0.1) is 10.1 Å². The van der Waals surface area contributed by atoms with E-state index < -0.39 is 11.3 Å². The Morgan fingerprint density at radius 3 is 1.89 bits per heavy atom. The summed E-state index contributed by atoms with van der Waals surface area (Å²) in [5, 5.41) is 14.7. The number of nitrogens with two attached hydrogens (primary N) is 1. The van der Waals surface area contributed by atoms with Crippen LogP contribution in [0.1, 0.15) is 50.7 Å². The second-order valence-corrected chi connectivity index (χ2v) is 5.16. The number of hydrogen-bond donors (Lipinski definition) is 1. The van der Waals surface area contributed by atoms with Crippen LogP contribution in [0.15, 0.2) is 18.2 Å². The zero-order valence-corrected chi connectivity index (χ0v) is 12.3. The molecular weight excluding hydrogens is 268 g/mol. The average Bonchev–Trinajstić information content (AvgIpc) is 2.27. The molecule has 1 rings (SSSR count). The maximum Gasteiger partial charge on any atom is 0.269 e. The molecule has 2 N–H and O–H groups in total. The minimum Gasteiger partial charge on any atom is -0.760 e. The van der Waals surface area contributed by atoms with Crippen LogP contribution in [0.4, 0.5) is 5.69 Å². The Hall–Kier alpha value is -1.31. The molecule has 108 valence electrons. The lowest BCUT2D eigenvalue weighted by Gasteiger charge is -2.15. The second-order valence-electron chi connectivity index (χ2n) is 4.64. The van der Waals surface area contributed by atoms with Gasteiger partial charge < -0.3 is 4.55 Å². The van der Waals surface area contributed by atoms with Gasteiger partial charge in [-0.3, -0.25) is 19.5 Å². The van der Waals surface area contributed by atoms with Gasteiger partial charge in [-0.25, -0.2) is 0 Å². The molecule has 0 aliphatic rings. The first kappa shape index (κ1) is 17.7. The fraction of sp³-hybridized carbons (Fsp3) is 0.500. The summed E-state index contributed by atoms with van der Waals surface area (Å²) in [6, 6.07) is 5.15. The molecule has 0 aliphatic carbocycles. The van der Waals surface area contributed by atoms with Crippen molar-refractivity contribution >= 4 is 17.0 Å². The largest absolute Gasteiger partial charge is 0.760 e.